The average molecular weight is 451 g/mol. The first-order chi connectivity index (χ1) is 13.9. The van der Waals surface area contributed by atoms with Gasteiger partial charge in [-0.15, -0.1) is 0 Å². The van der Waals surface area contributed by atoms with Crippen LogP contribution in [0.25, 0.3) is 11.3 Å². The second kappa shape index (κ2) is 7.69. The number of thioether (sulfide) groups is 1. The zero-order valence-corrected chi connectivity index (χ0v) is 17.5. The van der Waals surface area contributed by atoms with Gasteiger partial charge >= 0.3 is 0 Å². The maximum atomic E-state index is 12.8. The highest BCUT2D eigenvalue weighted by atomic mass is 35.5. The smallest absolute Gasteiger partial charge is 0.267 e. The third kappa shape index (κ3) is 3.83. The average Bonchev–Trinajstić information content (AvgIpc) is 3.22. The summed E-state index contributed by atoms with van der Waals surface area (Å²) >= 11 is 7.15. The van der Waals surface area contributed by atoms with Crippen LogP contribution in [0.15, 0.2) is 57.3 Å². The van der Waals surface area contributed by atoms with Gasteiger partial charge in [-0.05, 0) is 30.3 Å². The van der Waals surface area contributed by atoms with E-state index in [9.17, 15) is 13.2 Å². The number of nitrogens with zero attached hydrogens (tertiary/aromatic N) is 3. The number of carbonyl (C=O) groups is 1. The summed E-state index contributed by atoms with van der Waals surface area (Å²) < 4.78 is 31.9. The van der Waals surface area contributed by atoms with E-state index in [0.717, 1.165) is 16.1 Å². The first kappa shape index (κ1) is 19.7. The molecule has 8 nitrogen and oxygen atoms in total. The molecule has 3 heterocycles. The van der Waals surface area contributed by atoms with Crippen LogP contribution < -0.4 is 9.62 Å². The van der Waals surface area contributed by atoms with Crippen molar-refractivity contribution in [3.05, 3.63) is 53.6 Å². The minimum absolute atomic E-state index is 0.0152. The summed E-state index contributed by atoms with van der Waals surface area (Å²) in [6.45, 7) is 0.288. The number of rotatable bonds is 5. The zero-order chi connectivity index (χ0) is 20.6. The number of hydrogen-bond acceptors (Lipinski definition) is 7. The van der Waals surface area contributed by atoms with E-state index in [1.54, 1.807) is 30.3 Å². The van der Waals surface area contributed by atoms with Crippen molar-refractivity contribution in [1.29, 1.82) is 0 Å². The highest BCUT2D eigenvalue weighted by Gasteiger charge is 2.34. The predicted octanol–water partition coefficient (Wildman–Crippen LogP) is 2.94. The summed E-state index contributed by atoms with van der Waals surface area (Å²) in [4.78, 5) is 20.6. The third-order valence-electron chi connectivity index (χ3n) is 4.30. The minimum Gasteiger partial charge on any atom is -0.467 e. The molecule has 4 rings (SSSR count). The van der Waals surface area contributed by atoms with Crippen molar-refractivity contribution in [2.45, 2.75) is 16.6 Å². The Morgan fingerprint density at radius 1 is 1.34 bits per heavy atom. The quantitative estimate of drug-likeness (QED) is 0.470. The summed E-state index contributed by atoms with van der Waals surface area (Å²) in [5, 5.41) is 3.46. The lowest BCUT2D eigenvalue weighted by Gasteiger charge is -2.28. The van der Waals surface area contributed by atoms with Gasteiger partial charge in [0.1, 0.15) is 10.7 Å². The van der Waals surface area contributed by atoms with Gasteiger partial charge in [0, 0.05) is 17.6 Å². The molecule has 0 unspecified atom stereocenters. The van der Waals surface area contributed by atoms with Crippen molar-refractivity contribution >= 4 is 45.0 Å². The van der Waals surface area contributed by atoms with Crippen molar-refractivity contribution < 1.29 is 17.6 Å². The molecule has 0 bridgehead atoms. The zero-order valence-electron chi connectivity index (χ0n) is 15.1. The van der Waals surface area contributed by atoms with Crippen LogP contribution in [0.1, 0.15) is 5.76 Å². The molecule has 1 aliphatic heterocycles. The maximum Gasteiger partial charge on any atom is 0.267 e. The molecule has 1 aliphatic rings. The largest absolute Gasteiger partial charge is 0.467 e. The van der Waals surface area contributed by atoms with E-state index in [1.807, 2.05) is 0 Å². The van der Waals surface area contributed by atoms with Gasteiger partial charge in [-0.25, -0.2) is 18.4 Å². The topological polar surface area (TPSA) is 105 Å². The van der Waals surface area contributed by atoms with Gasteiger partial charge in [0.05, 0.1) is 36.1 Å². The van der Waals surface area contributed by atoms with Crippen LogP contribution in [-0.4, -0.2) is 37.1 Å². The Balaban J connectivity index is 1.56. The third-order valence-corrected chi connectivity index (χ3v) is 7.17. The Bertz CT molecular complexity index is 1180. The van der Waals surface area contributed by atoms with E-state index in [4.69, 9.17) is 16.0 Å². The lowest BCUT2D eigenvalue weighted by atomic mass is 10.1. The molecule has 29 heavy (non-hydrogen) atoms. The van der Waals surface area contributed by atoms with E-state index >= 15 is 0 Å². The number of carbonyl (C=O) groups excluding carboxylic acids is 1. The van der Waals surface area contributed by atoms with Crippen LogP contribution in [0.2, 0.25) is 5.02 Å². The molecule has 3 aromatic rings. The van der Waals surface area contributed by atoms with Gasteiger partial charge in [0.15, 0.2) is 5.16 Å². The van der Waals surface area contributed by atoms with Gasteiger partial charge in [0.2, 0.25) is 5.91 Å². The first-order valence-electron chi connectivity index (χ1n) is 8.44. The second-order valence-corrected chi connectivity index (χ2v) is 9.46. The molecule has 0 spiro atoms. The van der Waals surface area contributed by atoms with Crippen LogP contribution in [0, 0.1) is 0 Å². The Morgan fingerprint density at radius 2 is 2.17 bits per heavy atom. The van der Waals surface area contributed by atoms with E-state index in [1.165, 1.54) is 19.5 Å². The summed E-state index contributed by atoms with van der Waals surface area (Å²) in [6, 6.07) is 8.48. The number of halogens is 1. The molecule has 0 fully saturated rings. The Morgan fingerprint density at radius 3 is 2.93 bits per heavy atom. The molecule has 1 aromatic carbocycles. The van der Waals surface area contributed by atoms with Crippen molar-refractivity contribution in [2.75, 3.05) is 17.1 Å². The Kier molecular flexibility index (Phi) is 5.24. The number of fused-ring (bicyclic) bond motifs is 3. The molecule has 2 aromatic heterocycles. The lowest BCUT2D eigenvalue weighted by molar-refractivity contribution is -0.118. The van der Waals surface area contributed by atoms with Crippen LogP contribution in [-0.2, 0) is 21.4 Å². The van der Waals surface area contributed by atoms with Gasteiger partial charge in [0.25, 0.3) is 10.0 Å². The molecule has 11 heteroatoms. The predicted molar refractivity (Wildman–Crippen MR) is 109 cm³/mol. The van der Waals surface area contributed by atoms with Crippen molar-refractivity contribution in [2.24, 2.45) is 0 Å². The molecule has 0 radical (unpaired) electrons. The van der Waals surface area contributed by atoms with Crippen LogP contribution in [0.4, 0.5) is 5.69 Å². The van der Waals surface area contributed by atoms with Crippen molar-refractivity contribution in [1.82, 2.24) is 15.3 Å². The molecule has 0 aliphatic carbocycles. The van der Waals surface area contributed by atoms with Crippen LogP contribution >= 0.6 is 23.4 Å². The molecular weight excluding hydrogens is 436 g/mol. The Hall–Kier alpha value is -2.56. The highest BCUT2D eigenvalue weighted by Crippen LogP contribution is 2.42. The fraction of sp³-hybridized carbons (Fsp3) is 0.167. The molecular formula is C18H15ClN4O4S2. The second-order valence-electron chi connectivity index (χ2n) is 6.14. The number of benzene rings is 1. The molecule has 150 valence electrons. The van der Waals surface area contributed by atoms with Crippen LogP contribution in [0.5, 0.6) is 0 Å². The van der Waals surface area contributed by atoms with Gasteiger partial charge in [-0.2, -0.15) is 0 Å². The van der Waals surface area contributed by atoms with Crippen molar-refractivity contribution in [3.63, 3.8) is 0 Å². The SMILES string of the molecule is CN1c2cc(Cl)ccc2-c2nc(SCC(=O)NCc3ccco3)ncc2S1(=O)=O. The fourth-order valence-electron chi connectivity index (χ4n) is 2.83. The van der Waals surface area contributed by atoms with Gasteiger partial charge < -0.3 is 9.73 Å². The van der Waals surface area contributed by atoms with E-state index in [0.29, 0.717) is 32.9 Å². The molecule has 0 saturated carbocycles. The fourth-order valence-corrected chi connectivity index (χ4v) is 4.93. The Labute approximate surface area is 176 Å². The van der Waals surface area contributed by atoms with Crippen molar-refractivity contribution in [3.8, 4) is 11.3 Å². The number of hydrogen-bond donors (Lipinski definition) is 1. The summed E-state index contributed by atoms with van der Waals surface area (Å²) in [6.07, 6.45) is 2.81. The number of nitrogens with one attached hydrogen (secondary N) is 1. The molecule has 1 amide bonds. The molecule has 0 atom stereocenters. The van der Waals surface area contributed by atoms with E-state index in [-0.39, 0.29) is 23.1 Å². The molecule has 0 saturated heterocycles. The summed E-state index contributed by atoms with van der Waals surface area (Å²) in [7, 11) is -2.32. The van der Waals surface area contributed by atoms with Crippen LogP contribution in [0.3, 0.4) is 0 Å². The van der Waals surface area contributed by atoms with Gasteiger partial charge in [-0.1, -0.05) is 23.4 Å². The highest BCUT2D eigenvalue weighted by molar-refractivity contribution is 7.99. The number of amides is 1. The van der Waals surface area contributed by atoms with E-state index in [2.05, 4.69) is 15.3 Å². The number of furan rings is 1. The minimum atomic E-state index is -3.78. The number of anilines is 1. The normalized spacial score (nSPS) is 14.2. The summed E-state index contributed by atoms with van der Waals surface area (Å²) in [5.41, 5.74) is 1.37. The van der Waals surface area contributed by atoms with E-state index < -0.39 is 10.0 Å². The lowest BCUT2D eigenvalue weighted by Crippen LogP contribution is -2.31. The van der Waals surface area contributed by atoms with Gasteiger partial charge in [-0.3, -0.25) is 9.10 Å². The summed E-state index contributed by atoms with van der Waals surface area (Å²) in [5.74, 6) is 0.518. The molecule has 1 N–H and O–H groups in total. The first-order valence-corrected chi connectivity index (χ1v) is 11.2. The maximum absolute atomic E-state index is 12.8. The number of sulfonamides is 1. The number of aromatic nitrogens is 2. The standard InChI is InChI=1S/C18H15ClN4O4S2/c1-23-14-7-11(19)4-5-13(14)17-15(29(23,25)26)9-21-18(22-17)28-10-16(24)20-8-12-3-2-6-27-12/h2-7,9H,8,10H2,1H3,(H,20,24). The monoisotopic (exact) mass is 450 g/mol.